The van der Waals surface area contributed by atoms with Crippen LogP contribution in [0.2, 0.25) is 5.02 Å². The molecule has 2 aliphatic rings. The van der Waals surface area contributed by atoms with Crippen molar-refractivity contribution < 1.29 is 9.32 Å². The quantitative estimate of drug-likeness (QED) is 0.838. The van der Waals surface area contributed by atoms with Gasteiger partial charge in [-0.05, 0) is 37.5 Å². The molecular formula is C18H20ClN3O2. The van der Waals surface area contributed by atoms with Crippen molar-refractivity contribution in [3.8, 4) is 0 Å². The minimum Gasteiger partial charge on any atom is -0.368 e. The third-order valence-electron chi connectivity index (χ3n) is 4.89. The molecule has 2 heterocycles. The predicted octanol–water partition coefficient (Wildman–Crippen LogP) is 3.17. The number of carbonyl (C=O) groups excluding carboxylic acids is 1. The van der Waals surface area contributed by atoms with Gasteiger partial charge in [-0.1, -0.05) is 22.8 Å². The molecular weight excluding hydrogens is 326 g/mol. The Hall–Kier alpha value is -2.01. The average Bonchev–Trinajstić information content (AvgIpc) is 3.05. The van der Waals surface area contributed by atoms with Crippen molar-refractivity contribution >= 4 is 23.2 Å². The number of anilines is 1. The van der Waals surface area contributed by atoms with Gasteiger partial charge in [-0.2, -0.15) is 0 Å². The van der Waals surface area contributed by atoms with E-state index in [1.165, 1.54) is 0 Å². The maximum Gasteiger partial charge on any atom is 0.276 e. The summed E-state index contributed by atoms with van der Waals surface area (Å²) in [6.07, 6.45) is 4.03. The lowest BCUT2D eigenvalue weighted by Crippen LogP contribution is -2.49. The third kappa shape index (κ3) is 2.88. The van der Waals surface area contributed by atoms with Crippen LogP contribution in [0.25, 0.3) is 0 Å². The van der Waals surface area contributed by atoms with Crippen molar-refractivity contribution in [3.63, 3.8) is 0 Å². The number of fused-ring (bicyclic) bond motifs is 1. The average molecular weight is 346 g/mol. The van der Waals surface area contributed by atoms with Gasteiger partial charge in [0.2, 0.25) is 0 Å². The van der Waals surface area contributed by atoms with Gasteiger partial charge in [-0.25, -0.2) is 0 Å². The van der Waals surface area contributed by atoms with Crippen LogP contribution in [0, 0.1) is 0 Å². The molecule has 0 radical (unpaired) electrons. The lowest BCUT2D eigenvalue weighted by Gasteiger charge is -2.36. The number of benzene rings is 1. The summed E-state index contributed by atoms with van der Waals surface area (Å²) in [6, 6.07) is 7.85. The molecule has 1 aliphatic heterocycles. The largest absolute Gasteiger partial charge is 0.368 e. The van der Waals surface area contributed by atoms with Crippen molar-refractivity contribution in [3.05, 3.63) is 46.3 Å². The van der Waals surface area contributed by atoms with Gasteiger partial charge in [0.15, 0.2) is 5.69 Å². The third-order valence-corrected chi connectivity index (χ3v) is 5.13. The summed E-state index contributed by atoms with van der Waals surface area (Å²) in [4.78, 5) is 16.9. The molecule has 126 valence electrons. The second-order valence-corrected chi connectivity index (χ2v) is 6.84. The van der Waals surface area contributed by atoms with Gasteiger partial charge in [0.05, 0.1) is 0 Å². The lowest BCUT2D eigenvalue weighted by molar-refractivity contribution is 0.0735. The monoisotopic (exact) mass is 345 g/mol. The maximum absolute atomic E-state index is 12.8. The summed E-state index contributed by atoms with van der Waals surface area (Å²) in [5.74, 6) is 0.912. The van der Waals surface area contributed by atoms with Crippen LogP contribution < -0.4 is 4.90 Å². The van der Waals surface area contributed by atoms with Gasteiger partial charge in [0.1, 0.15) is 5.76 Å². The Morgan fingerprint density at radius 2 is 1.92 bits per heavy atom. The zero-order chi connectivity index (χ0) is 16.5. The van der Waals surface area contributed by atoms with Crippen molar-refractivity contribution in [1.82, 2.24) is 10.1 Å². The van der Waals surface area contributed by atoms with Crippen LogP contribution in [0.5, 0.6) is 0 Å². The van der Waals surface area contributed by atoms with E-state index in [0.717, 1.165) is 60.8 Å². The van der Waals surface area contributed by atoms with E-state index in [2.05, 4.69) is 16.1 Å². The molecule has 24 heavy (non-hydrogen) atoms. The summed E-state index contributed by atoms with van der Waals surface area (Å²) in [6.45, 7) is 2.97. The van der Waals surface area contributed by atoms with Crippen molar-refractivity contribution in [2.75, 3.05) is 31.1 Å². The first kappa shape index (κ1) is 15.5. The highest BCUT2D eigenvalue weighted by molar-refractivity contribution is 6.30. The molecule has 5 nitrogen and oxygen atoms in total. The minimum atomic E-state index is 0.00708. The van der Waals surface area contributed by atoms with Crippen molar-refractivity contribution in [1.29, 1.82) is 0 Å². The molecule has 0 N–H and O–H groups in total. The van der Waals surface area contributed by atoms with Crippen LogP contribution in [-0.4, -0.2) is 42.1 Å². The van der Waals surface area contributed by atoms with Gasteiger partial charge in [0, 0.05) is 48.9 Å². The Balaban J connectivity index is 1.44. The Kier molecular flexibility index (Phi) is 4.19. The molecule has 2 aromatic rings. The van der Waals surface area contributed by atoms with E-state index in [4.69, 9.17) is 16.1 Å². The number of amides is 1. The molecule has 0 saturated carbocycles. The zero-order valence-corrected chi connectivity index (χ0v) is 14.3. The molecule has 4 rings (SSSR count). The molecule has 0 spiro atoms. The van der Waals surface area contributed by atoms with E-state index in [9.17, 15) is 4.79 Å². The van der Waals surface area contributed by atoms with Crippen LogP contribution in [0.15, 0.2) is 28.8 Å². The second-order valence-electron chi connectivity index (χ2n) is 6.40. The van der Waals surface area contributed by atoms with Crippen molar-refractivity contribution in [2.24, 2.45) is 0 Å². The molecule has 1 aromatic carbocycles. The van der Waals surface area contributed by atoms with Crippen molar-refractivity contribution in [2.45, 2.75) is 25.7 Å². The lowest BCUT2D eigenvalue weighted by atomic mass is 9.96. The number of hydrogen-bond donors (Lipinski definition) is 0. The first-order valence-electron chi connectivity index (χ1n) is 8.49. The number of rotatable bonds is 2. The van der Waals surface area contributed by atoms with E-state index in [1.54, 1.807) is 0 Å². The molecule has 1 fully saturated rings. The standard InChI is InChI=1S/C18H20ClN3O2/c19-13-4-3-5-14(12-13)21-8-10-22(11-9-21)18(23)17-15-6-1-2-7-16(15)24-20-17/h3-5,12H,1-2,6-11H2. The highest BCUT2D eigenvalue weighted by Crippen LogP contribution is 2.26. The fraction of sp³-hybridized carbons (Fsp3) is 0.444. The molecule has 6 heteroatoms. The Morgan fingerprint density at radius 1 is 1.12 bits per heavy atom. The predicted molar refractivity (Wildman–Crippen MR) is 92.7 cm³/mol. The van der Waals surface area contributed by atoms with Gasteiger partial charge in [0.25, 0.3) is 5.91 Å². The molecule has 0 bridgehead atoms. The fourth-order valence-corrected chi connectivity index (χ4v) is 3.73. The Bertz CT molecular complexity index is 750. The summed E-state index contributed by atoms with van der Waals surface area (Å²) < 4.78 is 5.38. The first-order chi connectivity index (χ1) is 11.7. The Morgan fingerprint density at radius 3 is 2.71 bits per heavy atom. The number of aryl methyl sites for hydroxylation is 1. The number of halogens is 1. The van der Waals surface area contributed by atoms with Crippen LogP contribution in [0.3, 0.4) is 0 Å². The van der Waals surface area contributed by atoms with Gasteiger partial charge < -0.3 is 14.3 Å². The van der Waals surface area contributed by atoms with E-state index in [1.807, 2.05) is 23.1 Å². The van der Waals surface area contributed by atoms with E-state index in [0.29, 0.717) is 18.8 Å². The first-order valence-corrected chi connectivity index (χ1v) is 8.87. The highest BCUT2D eigenvalue weighted by atomic mass is 35.5. The van der Waals surface area contributed by atoms with E-state index >= 15 is 0 Å². The van der Waals surface area contributed by atoms with Crippen LogP contribution >= 0.6 is 11.6 Å². The molecule has 0 atom stereocenters. The normalized spacial score (nSPS) is 17.7. The highest BCUT2D eigenvalue weighted by Gasteiger charge is 2.29. The van der Waals surface area contributed by atoms with Gasteiger partial charge in [-0.3, -0.25) is 4.79 Å². The van der Waals surface area contributed by atoms with E-state index in [-0.39, 0.29) is 5.91 Å². The number of carbonyl (C=O) groups is 1. The Labute approximate surface area is 146 Å². The van der Waals surface area contributed by atoms with Crippen LogP contribution in [0.1, 0.15) is 34.7 Å². The maximum atomic E-state index is 12.8. The zero-order valence-electron chi connectivity index (χ0n) is 13.5. The SMILES string of the molecule is O=C(c1noc2c1CCCC2)N1CCN(c2cccc(Cl)c2)CC1. The van der Waals surface area contributed by atoms with E-state index < -0.39 is 0 Å². The topological polar surface area (TPSA) is 49.6 Å². The minimum absolute atomic E-state index is 0.00708. The smallest absolute Gasteiger partial charge is 0.276 e. The molecule has 1 saturated heterocycles. The van der Waals surface area contributed by atoms with Gasteiger partial charge in [-0.15, -0.1) is 0 Å². The molecule has 0 unspecified atom stereocenters. The number of aromatic nitrogens is 1. The molecule has 1 aromatic heterocycles. The summed E-state index contributed by atoms with van der Waals surface area (Å²) in [5.41, 5.74) is 2.66. The van der Waals surface area contributed by atoms with Gasteiger partial charge >= 0.3 is 0 Å². The van der Waals surface area contributed by atoms with Crippen LogP contribution in [-0.2, 0) is 12.8 Å². The summed E-state index contributed by atoms with van der Waals surface area (Å²) in [5, 5.41) is 4.80. The van der Waals surface area contributed by atoms with Crippen LogP contribution in [0.4, 0.5) is 5.69 Å². The fourth-order valence-electron chi connectivity index (χ4n) is 3.54. The number of hydrogen-bond acceptors (Lipinski definition) is 4. The molecule has 1 amide bonds. The summed E-state index contributed by atoms with van der Waals surface area (Å²) >= 11 is 6.07. The number of nitrogens with zero attached hydrogens (tertiary/aromatic N) is 3. The molecule has 1 aliphatic carbocycles. The second kappa shape index (κ2) is 6.48. The number of piperazine rings is 1. The summed E-state index contributed by atoms with van der Waals surface area (Å²) in [7, 11) is 0.